The molecule has 0 aliphatic carbocycles. The second-order valence-electron chi connectivity index (χ2n) is 6.03. The number of carbonyl (C=O) groups excluding carboxylic acids is 2. The van der Waals surface area contributed by atoms with Gasteiger partial charge in [-0.05, 0) is 48.9 Å². The first-order valence-electron chi connectivity index (χ1n) is 8.87. The Morgan fingerprint density at radius 2 is 1.64 bits per heavy atom. The summed E-state index contributed by atoms with van der Waals surface area (Å²) in [6, 6.07) is 12.2. The molecule has 0 fully saturated rings. The molecule has 0 bridgehead atoms. The largest absolute Gasteiger partial charge is 0.495 e. The number of hydrogen-bond acceptors (Lipinski definition) is 4. The van der Waals surface area contributed by atoms with Gasteiger partial charge in [-0.1, -0.05) is 23.2 Å². The van der Waals surface area contributed by atoms with E-state index in [4.69, 9.17) is 27.9 Å². The van der Waals surface area contributed by atoms with Gasteiger partial charge in [-0.3, -0.25) is 9.59 Å². The van der Waals surface area contributed by atoms with Crippen LogP contribution in [0.2, 0.25) is 10.0 Å². The smallest absolute Gasteiger partial charge is 0.224 e. The van der Waals surface area contributed by atoms with Gasteiger partial charge in [0.05, 0.1) is 12.8 Å². The Morgan fingerprint density at radius 1 is 0.929 bits per heavy atom. The van der Waals surface area contributed by atoms with Crippen molar-refractivity contribution in [1.29, 1.82) is 0 Å². The van der Waals surface area contributed by atoms with Gasteiger partial charge in [0.1, 0.15) is 5.75 Å². The van der Waals surface area contributed by atoms with Crippen molar-refractivity contribution in [2.24, 2.45) is 0 Å². The summed E-state index contributed by atoms with van der Waals surface area (Å²) in [5, 5.41) is 9.92. The van der Waals surface area contributed by atoms with Gasteiger partial charge in [-0.15, -0.1) is 0 Å². The summed E-state index contributed by atoms with van der Waals surface area (Å²) in [6.45, 7) is 0.882. The highest BCUT2D eigenvalue weighted by molar-refractivity contribution is 6.31. The highest BCUT2D eigenvalue weighted by Gasteiger charge is 2.06. The summed E-state index contributed by atoms with van der Waals surface area (Å²) in [7, 11) is 1.57. The Labute approximate surface area is 174 Å². The van der Waals surface area contributed by atoms with Gasteiger partial charge >= 0.3 is 0 Å². The number of hydrogen-bond donors (Lipinski definition) is 3. The number of halogens is 2. The number of methoxy groups -OCH3 is 1. The van der Waals surface area contributed by atoms with Crippen molar-refractivity contribution < 1.29 is 14.3 Å². The van der Waals surface area contributed by atoms with E-state index >= 15 is 0 Å². The molecule has 0 saturated heterocycles. The lowest BCUT2D eigenvalue weighted by atomic mass is 10.2. The van der Waals surface area contributed by atoms with Crippen LogP contribution in [0.5, 0.6) is 5.75 Å². The molecule has 2 aromatic carbocycles. The van der Waals surface area contributed by atoms with Crippen LogP contribution in [-0.2, 0) is 9.59 Å². The molecule has 0 unspecified atom stereocenters. The van der Waals surface area contributed by atoms with Gasteiger partial charge < -0.3 is 20.7 Å². The lowest BCUT2D eigenvalue weighted by Gasteiger charge is -2.11. The summed E-state index contributed by atoms with van der Waals surface area (Å²) in [6.07, 6.45) is 1.17. The number of ether oxygens (including phenoxy) is 1. The highest BCUT2D eigenvalue weighted by Crippen LogP contribution is 2.27. The first-order valence-corrected chi connectivity index (χ1v) is 9.63. The summed E-state index contributed by atoms with van der Waals surface area (Å²) in [5.41, 5.74) is 1.43. The molecular formula is C20H23Cl2N3O3. The molecule has 0 atom stereocenters. The Balaban J connectivity index is 1.60. The Kier molecular flexibility index (Phi) is 8.91. The van der Waals surface area contributed by atoms with E-state index in [2.05, 4.69) is 16.0 Å². The van der Waals surface area contributed by atoms with Crippen LogP contribution in [0.1, 0.15) is 19.3 Å². The lowest BCUT2D eigenvalue weighted by Crippen LogP contribution is -2.27. The summed E-state index contributed by atoms with van der Waals surface area (Å²) < 4.78 is 5.24. The van der Waals surface area contributed by atoms with E-state index in [1.807, 2.05) is 0 Å². The van der Waals surface area contributed by atoms with Gasteiger partial charge in [0.2, 0.25) is 11.8 Å². The number of benzene rings is 2. The SMILES string of the molecule is COc1ccc(Cl)cc1NCCC(=O)NCCCC(=O)Nc1ccc(Cl)cc1. The molecule has 2 rings (SSSR count). The zero-order chi connectivity index (χ0) is 20.4. The molecule has 0 heterocycles. The molecule has 150 valence electrons. The zero-order valence-electron chi connectivity index (χ0n) is 15.6. The third-order valence-corrected chi connectivity index (χ3v) is 4.35. The van der Waals surface area contributed by atoms with E-state index in [1.165, 1.54) is 0 Å². The molecule has 0 spiro atoms. The average Bonchev–Trinajstić information content (AvgIpc) is 2.67. The van der Waals surface area contributed by atoms with E-state index in [0.29, 0.717) is 53.8 Å². The maximum absolute atomic E-state index is 11.9. The van der Waals surface area contributed by atoms with Crippen molar-refractivity contribution in [2.75, 3.05) is 30.8 Å². The van der Waals surface area contributed by atoms with Gasteiger partial charge in [0, 0.05) is 41.7 Å². The lowest BCUT2D eigenvalue weighted by molar-refractivity contribution is -0.121. The van der Waals surface area contributed by atoms with Crippen molar-refractivity contribution in [3.63, 3.8) is 0 Å². The molecule has 0 radical (unpaired) electrons. The Hall–Kier alpha value is -2.44. The predicted molar refractivity (Wildman–Crippen MR) is 113 cm³/mol. The topological polar surface area (TPSA) is 79.5 Å². The minimum atomic E-state index is -0.105. The maximum Gasteiger partial charge on any atom is 0.224 e. The van der Waals surface area contributed by atoms with Gasteiger partial charge in [0.15, 0.2) is 0 Å². The van der Waals surface area contributed by atoms with Crippen LogP contribution in [-0.4, -0.2) is 32.0 Å². The fraction of sp³-hybridized carbons (Fsp3) is 0.300. The van der Waals surface area contributed by atoms with Crippen LogP contribution < -0.4 is 20.7 Å². The number of nitrogens with one attached hydrogen (secondary N) is 3. The molecule has 0 aliphatic heterocycles. The van der Waals surface area contributed by atoms with Crippen molar-refractivity contribution in [1.82, 2.24) is 5.32 Å². The third-order valence-electron chi connectivity index (χ3n) is 3.86. The minimum absolute atomic E-state index is 0.0911. The first kappa shape index (κ1) is 21.9. The molecule has 0 aromatic heterocycles. The molecule has 6 nitrogen and oxygen atoms in total. The summed E-state index contributed by atoms with van der Waals surface area (Å²) in [5.74, 6) is 0.467. The molecule has 8 heteroatoms. The second kappa shape index (κ2) is 11.4. The van der Waals surface area contributed by atoms with Crippen LogP contribution in [0.15, 0.2) is 42.5 Å². The fourth-order valence-electron chi connectivity index (χ4n) is 2.45. The number of amides is 2. The summed E-state index contributed by atoms with van der Waals surface area (Å²) >= 11 is 11.8. The van der Waals surface area contributed by atoms with Crippen molar-refractivity contribution in [2.45, 2.75) is 19.3 Å². The average molecular weight is 424 g/mol. The number of carbonyl (C=O) groups is 2. The van der Waals surface area contributed by atoms with E-state index < -0.39 is 0 Å². The monoisotopic (exact) mass is 423 g/mol. The minimum Gasteiger partial charge on any atom is -0.495 e. The molecule has 28 heavy (non-hydrogen) atoms. The maximum atomic E-state index is 11.9. The van der Waals surface area contributed by atoms with Crippen LogP contribution in [0.3, 0.4) is 0 Å². The van der Waals surface area contributed by atoms with Gasteiger partial charge in [0.25, 0.3) is 0 Å². The highest BCUT2D eigenvalue weighted by atomic mass is 35.5. The van der Waals surface area contributed by atoms with Crippen LogP contribution in [0, 0.1) is 0 Å². The number of rotatable bonds is 10. The molecule has 2 aromatic rings. The van der Waals surface area contributed by atoms with E-state index in [0.717, 1.165) is 5.69 Å². The van der Waals surface area contributed by atoms with Crippen molar-refractivity contribution in [3.05, 3.63) is 52.5 Å². The van der Waals surface area contributed by atoms with Crippen LogP contribution in [0.4, 0.5) is 11.4 Å². The van der Waals surface area contributed by atoms with E-state index in [-0.39, 0.29) is 11.8 Å². The van der Waals surface area contributed by atoms with Gasteiger partial charge in [-0.2, -0.15) is 0 Å². The van der Waals surface area contributed by atoms with Crippen LogP contribution >= 0.6 is 23.2 Å². The van der Waals surface area contributed by atoms with Crippen molar-refractivity contribution >= 4 is 46.4 Å². The third kappa shape index (κ3) is 7.66. The normalized spacial score (nSPS) is 10.2. The van der Waals surface area contributed by atoms with E-state index in [9.17, 15) is 9.59 Å². The van der Waals surface area contributed by atoms with Crippen LogP contribution in [0.25, 0.3) is 0 Å². The molecule has 2 amide bonds. The standard InChI is InChI=1S/C20H23Cl2N3O3/c1-28-18-9-6-15(22)13-17(18)23-12-10-19(26)24-11-2-3-20(27)25-16-7-4-14(21)5-8-16/h4-9,13,23H,2-3,10-12H2,1H3,(H,24,26)(H,25,27). The summed E-state index contributed by atoms with van der Waals surface area (Å²) in [4.78, 5) is 23.8. The Bertz CT molecular complexity index is 798. The zero-order valence-corrected chi connectivity index (χ0v) is 17.1. The van der Waals surface area contributed by atoms with E-state index in [1.54, 1.807) is 49.6 Å². The quantitative estimate of drug-likeness (QED) is 0.496. The Morgan fingerprint density at radius 3 is 2.36 bits per heavy atom. The van der Waals surface area contributed by atoms with Crippen molar-refractivity contribution in [3.8, 4) is 5.75 Å². The first-order chi connectivity index (χ1) is 13.5. The molecule has 0 aliphatic rings. The van der Waals surface area contributed by atoms with Gasteiger partial charge in [-0.25, -0.2) is 0 Å². The fourth-order valence-corrected chi connectivity index (χ4v) is 2.75. The predicted octanol–water partition coefficient (Wildman–Crippen LogP) is 4.34. The number of anilines is 2. The molecule has 3 N–H and O–H groups in total. The second-order valence-corrected chi connectivity index (χ2v) is 6.90. The molecule has 0 saturated carbocycles. The molecular weight excluding hydrogens is 401 g/mol.